The summed E-state index contributed by atoms with van der Waals surface area (Å²) in [6, 6.07) is 15.9. The van der Waals surface area contributed by atoms with Gasteiger partial charge >= 0.3 is 0 Å². The van der Waals surface area contributed by atoms with Crippen LogP contribution in [0.15, 0.2) is 48.5 Å². The Morgan fingerprint density at radius 1 is 1.15 bits per heavy atom. The van der Waals surface area contributed by atoms with E-state index in [1.807, 2.05) is 48.5 Å². The maximum absolute atomic E-state index is 12.5. The molecule has 1 aliphatic heterocycles. The molecule has 3 N–H and O–H groups in total. The Bertz CT molecular complexity index is 801. The number of carbonyl (C=O) groups is 2. The van der Waals surface area contributed by atoms with Crippen LogP contribution < -0.4 is 11.1 Å². The van der Waals surface area contributed by atoms with E-state index in [9.17, 15) is 9.59 Å². The molecule has 142 valence electrons. The predicted octanol–water partition coefficient (Wildman–Crippen LogP) is 2.60. The first-order valence-electron chi connectivity index (χ1n) is 9.49. The molecule has 0 radical (unpaired) electrons. The minimum atomic E-state index is -0.342. The molecular formula is C22H27N3O2. The van der Waals surface area contributed by atoms with Crippen LogP contribution in [0.4, 0.5) is 0 Å². The highest BCUT2D eigenvalue weighted by Gasteiger charge is 2.20. The maximum atomic E-state index is 12.5. The summed E-state index contributed by atoms with van der Waals surface area (Å²) in [6.07, 6.45) is 3.69. The van der Waals surface area contributed by atoms with Crippen LogP contribution in [0.3, 0.4) is 0 Å². The number of hydrogen-bond donors (Lipinski definition) is 2. The van der Waals surface area contributed by atoms with Gasteiger partial charge in [-0.05, 0) is 61.7 Å². The number of amides is 2. The highest BCUT2D eigenvalue weighted by atomic mass is 16.2. The molecule has 27 heavy (non-hydrogen) atoms. The molecule has 1 heterocycles. The number of rotatable bonds is 7. The summed E-state index contributed by atoms with van der Waals surface area (Å²) in [5.41, 5.74) is 8.76. The Kier molecular flexibility index (Phi) is 6.24. The van der Waals surface area contributed by atoms with Crippen LogP contribution in [-0.4, -0.2) is 42.9 Å². The Balaban J connectivity index is 1.60. The van der Waals surface area contributed by atoms with Crippen LogP contribution >= 0.6 is 0 Å². The van der Waals surface area contributed by atoms with Gasteiger partial charge in [-0.25, -0.2) is 0 Å². The van der Waals surface area contributed by atoms with Crippen molar-refractivity contribution in [2.75, 3.05) is 20.1 Å². The average Bonchev–Trinajstić information content (AvgIpc) is 3.07. The molecule has 0 spiro atoms. The second kappa shape index (κ2) is 8.82. The van der Waals surface area contributed by atoms with E-state index in [2.05, 4.69) is 17.3 Å². The number of carbonyl (C=O) groups excluding carboxylic acids is 2. The van der Waals surface area contributed by atoms with Crippen LogP contribution in [0, 0.1) is 0 Å². The molecular weight excluding hydrogens is 338 g/mol. The highest BCUT2D eigenvalue weighted by molar-refractivity contribution is 5.95. The van der Waals surface area contributed by atoms with Crippen molar-refractivity contribution >= 4 is 11.8 Å². The third-order valence-corrected chi connectivity index (χ3v) is 5.23. The average molecular weight is 365 g/mol. The fourth-order valence-electron chi connectivity index (χ4n) is 3.65. The number of nitrogens with one attached hydrogen (secondary N) is 1. The van der Waals surface area contributed by atoms with Gasteiger partial charge in [-0.2, -0.15) is 0 Å². The molecule has 1 saturated heterocycles. The zero-order valence-electron chi connectivity index (χ0n) is 15.8. The van der Waals surface area contributed by atoms with E-state index < -0.39 is 0 Å². The van der Waals surface area contributed by atoms with Crippen LogP contribution in [0.2, 0.25) is 0 Å². The van der Waals surface area contributed by atoms with Crippen molar-refractivity contribution in [3.63, 3.8) is 0 Å². The third kappa shape index (κ3) is 5.17. The highest BCUT2D eigenvalue weighted by Crippen LogP contribution is 2.21. The van der Waals surface area contributed by atoms with E-state index in [0.717, 1.165) is 29.7 Å². The van der Waals surface area contributed by atoms with E-state index in [4.69, 9.17) is 5.73 Å². The van der Waals surface area contributed by atoms with Crippen molar-refractivity contribution in [2.45, 2.75) is 31.7 Å². The molecule has 0 bridgehead atoms. The number of primary amides is 1. The molecule has 0 aromatic heterocycles. The molecule has 0 aliphatic carbocycles. The predicted molar refractivity (Wildman–Crippen MR) is 107 cm³/mol. The van der Waals surface area contributed by atoms with E-state index in [1.165, 1.54) is 12.8 Å². The van der Waals surface area contributed by atoms with Gasteiger partial charge in [0.05, 0.1) is 6.42 Å². The lowest BCUT2D eigenvalue weighted by molar-refractivity contribution is -0.117. The number of nitrogens with two attached hydrogens (primary N) is 1. The van der Waals surface area contributed by atoms with E-state index in [-0.39, 0.29) is 18.2 Å². The van der Waals surface area contributed by atoms with Gasteiger partial charge in [-0.1, -0.05) is 36.4 Å². The topological polar surface area (TPSA) is 75.4 Å². The number of likely N-dealkylation sites (tertiary alicyclic amines) is 1. The van der Waals surface area contributed by atoms with Crippen molar-refractivity contribution in [2.24, 2.45) is 5.73 Å². The summed E-state index contributed by atoms with van der Waals surface area (Å²) in [5.74, 6) is -0.381. The van der Waals surface area contributed by atoms with Gasteiger partial charge in [-0.3, -0.25) is 9.59 Å². The zero-order valence-corrected chi connectivity index (χ0v) is 15.8. The quantitative estimate of drug-likeness (QED) is 0.792. The molecule has 3 rings (SSSR count). The summed E-state index contributed by atoms with van der Waals surface area (Å²) in [5, 5.41) is 3.04. The van der Waals surface area contributed by atoms with Crippen molar-refractivity contribution in [1.29, 1.82) is 0 Å². The first-order valence-corrected chi connectivity index (χ1v) is 9.49. The molecule has 2 aromatic carbocycles. The maximum Gasteiger partial charge on any atom is 0.251 e. The summed E-state index contributed by atoms with van der Waals surface area (Å²) in [7, 11) is 2.15. The molecule has 1 atom stereocenters. The lowest BCUT2D eigenvalue weighted by Gasteiger charge is -2.19. The molecule has 5 heteroatoms. The van der Waals surface area contributed by atoms with Crippen molar-refractivity contribution in [3.05, 3.63) is 59.7 Å². The molecule has 1 fully saturated rings. The largest absolute Gasteiger partial charge is 0.369 e. The van der Waals surface area contributed by atoms with Gasteiger partial charge in [0, 0.05) is 18.2 Å². The van der Waals surface area contributed by atoms with E-state index in [0.29, 0.717) is 18.2 Å². The van der Waals surface area contributed by atoms with Crippen LogP contribution in [0.1, 0.15) is 35.2 Å². The smallest absolute Gasteiger partial charge is 0.251 e. The van der Waals surface area contributed by atoms with Crippen LogP contribution in [-0.2, 0) is 11.2 Å². The van der Waals surface area contributed by atoms with Gasteiger partial charge in [0.1, 0.15) is 0 Å². The number of benzene rings is 2. The fraction of sp³-hybridized carbons (Fsp3) is 0.364. The first-order chi connectivity index (χ1) is 13.0. The zero-order chi connectivity index (χ0) is 19.2. The van der Waals surface area contributed by atoms with Gasteiger partial charge in [0.2, 0.25) is 5.91 Å². The Morgan fingerprint density at radius 3 is 2.59 bits per heavy atom. The molecule has 2 amide bonds. The SMILES string of the molecule is CN1CCC[C@@H]1CCNC(=O)c1cccc(-c2ccc(CC(N)=O)cc2)c1. The van der Waals surface area contributed by atoms with Gasteiger partial charge in [0.25, 0.3) is 5.91 Å². The van der Waals surface area contributed by atoms with Crippen molar-refractivity contribution in [3.8, 4) is 11.1 Å². The van der Waals surface area contributed by atoms with E-state index >= 15 is 0 Å². The molecule has 2 aromatic rings. The van der Waals surface area contributed by atoms with Crippen LogP contribution in [0.25, 0.3) is 11.1 Å². The third-order valence-electron chi connectivity index (χ3n) is 5.23. The first kappa shape index (κ1) is 19.1. The standard InChI is InChI=1S/C22H27N3O2/c1-25-13-3-6-20(25)11-12-24-22(27)19-5-2-4-18(15-19)17-9-7-16(8-10-17)14-21(23)26/h2,4-5,7-10,15,20H,3,6,11-14H2,1H3,(H2,23,26)(H,24,27)/t20-/m1/s1. The van der Waals surface area contributed by atoms with Crippen molar-refractivity contribution in [1.82, 2.24) is 10.2 Å². The van der Waals surface area contributed by atoms with Crippen molar-refractivity contribution < 1.29 is 9.59 Å². The molecule has 1 aliphatic rings. The van der Waals surface area contributed by atoms with Crippen LogP contribution in [0.5, 0.6) is 0 Å². The Hall–Kier alpha value is -2.66. The Morgan fingerprint density at radius 2 is 1.93 bits per heavy atom. The lowest BCUT2D eigenvalue weighted by Crippen LogP contribution is -2.31. The van der Waals surface area contributed by atoms with Gasteiger partial charge < -0.3 is 16.0 Å². The summed E-state index contributed by atoms with van der Waals surface area (Å²) in [6.45, 7) is 1.85. The normalized spacial score (nSPS) is 17.0. The summed E-state index contributed by atoms with van der Waals surface area (Å²) >= 11 is 0. The molecule has 0 unspecified atom stereocenters. The fourth-order valence-corrected chi connectivity index (χ4v) is 3.65. The number of hydrogen-bond acceptors (Lipinski definition) is 3. The summed E-state index contributed by atoms with van der Waals surface area (Å²) < 4.78 is 0. The van der Waals surface area contributed by atoms with Gasteiger partial charge in [0.15, 0.2) is 0 Å². The second-order valence-electron chi connectivity index (χ2n) is 7.24. The summed E-state index contributed by atoms with van der Waals surface area (Å²) in [4.78, 5) is 25.9. The molecule has 5 nitrogen and oxygen atoms in total. The minimum Gasteiger partial charge on any atom is -0.369 e. The lowest BCUT2D eigenvalue weighted by atomic mass is 10.0. The van der Waals surface area contributed by atoms with Gasteiger partial charge in [-0.15, -0.1) is 0 Å². The molecule has 0 saturated carbocycles. The Labute approximate surface area is 160 Å². The minimum absolute atomic E-state index is 0.0390. The monoisotopic (exact) mass is 365 g/mol. The second-order valence-corrected chi connectivity index (χ2v) is 7.24. The number of nitrogens with zero attached hydrogens (tertiary/aromatic N) is 1. The van der Waals surface area contributed by atoms with E-state index in [1.54, 1.807) is 0 Å².